The van der Waals surface area contributed by atoms with Crippen molar-refractivity contribution in [2.24, 2.45) is 5.73 Å². The Hall–Kier alpha value is -1.60. The number of halogens is 3. The van der Waals surface area contributed by atoms with Gasteiger partial charge in [-0.05, 0) is 25.1 Å². The van der Waals surface area contributed by atoms with Crippen molar-refractivity contribution in [2.75, 3.05) is 6.54 Å². The van der Waals surface area contributed by atoms with Crippen LogP contribution in [0, 0.1) is 0 Å². The van der Waals surface area contributed by atoms with Crippen molar-refractivity contribution in [3.63, 3.8) is 0 Å². The van der Waals surface area contributed by atoms with Crippen molar-refractivity contribution in [3.05, 3.63) is 35.8 Å². The number of fused-ring (bicyclic) bond motifs is 1. The standard InChI is InChI=1S/C11H12F3N3O/c12-11(13,14)7-1-2-10-16-8(6-17(10)5-7)9(18)3-4-15/h1-2,5-6,9,18H,3-4,15H2. The maximum absolute atomic E-state index is 12.5. The van der Waals surface area contributed by atoms with Gasteiger partial charge in [-0.2, -0.15) is 13.2 Å². The first-order chi connectivity index (χ1) is 8.41. The largest absolute Gasteiger partial charge is 0.417 e. The molecule has 0 bridgehead atoms. The van der Waals surface area contributed by atoms with E-state index in [9.17, 15) is 18.3 Å². The van der Waals surface area contributed by atoms with E-state index in [2.05, 4.69) is 4.98 Å². The van der Waals surface area contributed by atoms with Crippen molar-refractivity contribution in [1.82, 2.24) is 9.38 Å². The minimum Gasteiger partial charge on any atom is -0.387 e. The summed E-state index contributed by atoms with van der Waals surface area (Å²) in [6, 6.07) is 2.23. The summed E-state index contributed by atoms with van der Waals surface area (Å²) in [6.45, 7) is 0.281. The fourth-order valence-electron chi connectivity index (χ4n) is 1.65. The molecule has 18 heavy (non-hydrogen) atoms. The number of aromatic nitrogens is 2. The highest BCUT2D eigenvalue weighted by Crippen LogP contribution is 2.29. The second-order valence-corrected chi connectivity index (χ2v) is 3.94. The predicted molar refractivity (Wildman–Crippen MR) is 58.8 cm³/mol. The quantitative estimate of drug-likeness (QED) is 0.882. The molecule has 0 aliphatic rings. The first-order valence-corrected chi connectivity index (χ1v) is 5.36. The zero-order chi connectivity index (χ0) is 13.3. The average Bonchev–Trinajstić information content (AvgIpc) is 2.70. The Kier molecular flexibility index (Phi) is 3.27. The van der Waals surface area contributed by atoms with E-state index >= 15 is 0 Å². The number of alkyl halides is 3. The van der Waals surface area contributed by atoms with E-state index in [1.807, 2.05) is 0 Å². The molecule has 0 aromatic carbocycles. The minimum atomic E-state index is -4.39. The number of rotatable bonds is 3. The van der Waals surface area contributed by atoms with E-state index in [4.69, 9.17) is 5.73 Å². The number of aliphatic hydroxyl groups is 1. The first-order valence-electron chi connectivity index (χ1n) is 5.36. The van der Waals surface area contributed by atoms with Gasteiger partial charge < -0.3 is 15.2 Å². The molecule has 0 spiro atoms. The molecule has 7 heteroatoms. The van der Waals surface area contributed by atoms with E-state index in [0.29, 0.717) is 17.8 Å². The lowest BCUT2D eigenvalue weighted by atomic mass is 10.2. The molecule has 0 fully saturated rings. The van der Waals surface area contributed by atoms with Gasteiger partial charge in [0, 0.05) is 12.4 Å². The van der Waals surface area contributed by atoms with E-state index in [-0.39, 0.29) is 6.54 Å². The summed E-state index contributed by atoms with van der Waals surface area (Å²) < 4.78 is 38.8. The lowest BCUT2D eigenvalue weighted by molar-refractivity contribution is -0.137. The lowest BCUT2D eigenvalue weighted by Gasteiger charge is -2.05. The molecule has 2 aromatic heterocycles. The first kappa shape index (κ1) is 12.8. The summed E-state index contributed by atoms with van der Waals surface area (Å²) in [4.78, 5) is 4.04. The molecule has 1 unspecified atom stereocenters. The Morgan fingerprint density at radius 1 is 1.33 bits per heavy atom. The normalized spacial score (nSPS) is 14.1. The van der Waals surface area contributed by atoms with Crippen LogP contribution in [0.4, 0.5) is 13.2 Å². The number of nitrogens with zero attached hydrogens (tertiary/aromatic N) is 2. The molecule has 4 nitrogen and oxygen atoms in total. The Bertz CT molecular complexity index is 550. The molecule has 0 aliphatic heterocycles. The van der Waals surface area contributed by atoms with Gasteiger partial charge in [0.2, 0.25) is 0 Å². The van der Waals surface area contributed by atoms with Crippen molar-refractivity contribution in [1.29, 1.82) is 0 Å². The van der Waals surface area contributed by atoms with Crippen LogP contribution in [0.2, 0.25) is 0 Å². The van der Waals surface area contributed by atoms with Crippen LogP contribution in [0.3, 0.4) is 0 Å². The summed E-state index contributed by atoms with van der Waals surface area (Å²) >= 11 is 0. The number of pyridine rings is 1. The maximum atomic E-state index is 12.5. The second-order valence-electron chi connectivity index (χ2n) is 3.94. The number of hydrogen-bond acceptors (Lipinski definition) is 3. The number of hydrogen-bond donors (Lipinski definition) is 2. The monoisotopic (exact) mass is 259 g/mol. The summed E-state index contributed by atoms with van der Waals surface area (Å²) in [7, 11) is 0. The minimum absolute atomic E-state index is 0.281. The van der Waals surface area contributed by atoms with Gasteiger partial charge in [-0.1, -0.05) is 0 Å². The Morgan fingerprint density at radius 3 is 2.67 bits per heavy atom. The molecule has 0 saturated carbocycles. The van der Waals surface area contributed by atoms with Gasteiger partial charge in [-0.3, -0.25) is 0 Å². The molecule has 0 amide bonds. The number of aliphatic hydroxyl groups excluding tert-OH is 1. The SMILES string of the molecule is NCCC(O)c1cn2cc(C(F)(F)F)ccc2n1. The van der Waals surface area contributed by atoms with Crippen LogP contribution < -0.4 is 5.73 Å². The lowest BCUT2D eigenvalue weighted by Crippen LogP contribution is -2.06. The van der Waals surface area contributed by atoms with Crippen molar-refractivity contribution < 1.29 is 18.3 Å². The van der Waals surface area contributed by atoms with Gasteiger partial charge >= 0.3 is 6.18 Å². The fraction of sp³-hybridized carbons (Fsp3) is 0.364. The van der Waals surface area contributed by atoms with Gasteiger partial charge in [0.15, 0.2) is 0 Å². The van der Waals surface area contributed by atoms with Crippen LogP contribution in [0.5, 0.6) is 0 Å². The van der Waals surface area contributed by atoms with Gasteiger partial charge in [0.25, 0.3) is 0 Å². The van der Waals surface area contributed by atoms with Crippen LogP contribution in [0.15, 0.2) is 24.5 Å². The van der Waals surface area contributed by atoms with Crippen LogP contribution >= 0.6 is 0 Å². The Balaban J connectivity index is 2.40. The second kappa shape index (κ2) is 4.58. The highest BCUT2D eigenvalue weighted by Gasteiger charge is 2.30. The Morgan fingerprint density at radius 2 is 2.06 bits per heavy atom. The van der Waals surface area contributed by atoms with Crippen LogP contribution in [-0.4, -0.2) is 21.0 Å². The van der Waals surface area contributed by atoms with Crippen molar-refractivity contribution in [3.8, 4) is 0 Å². The van der Waals surface area contributed by atoms with E-state index in [1.165, 1.54) is 16.7 Å². The highest BCUT2D eigenvalue weighted by molar-refractivity contribution is 5.42. The molecular formula is C11H12F3N3O. The molecular weight excluding hydrogens is 247 g/mol. The molecule has 2 rings (SSSR count). The average molecular weight is 259 g/mol. The van der Waals surface area contributed by atoms with Gasteiger partial charge in [-0.15, -0.1) is 0 Å². The molecule has 0 saturated heterocycles. The van der Waals surface area contributed by atoms with Crippen LogP contribution in [-0.2, 0) is 6.18 Å². The number of imidazole rings is 1. The Labute approximate surface area is 101 Å². The predicted octanol–water partition coefficient (Wildman–Crippen LogP) is 1.74. The topological polar surface area (TPSA) is 63.5 Å². The smallest absolute Gasteiger partial charge is 0.387 e. The third-order valence-electron chi connectivity index (χ3n) is 2.58. The zero-order valence-corrected chi connectivity index (χ0v) is 9.35. The van der Waals surface area contributed by atoms with Crippen LogP contribution in [0.1, 0.15) is 23.8 Å². The van der Waals surface area contributed by atoms with Gasteiger partial charge in [0.05, 0.1) is 17.4 Å². The third kappa shape index (κ3) is 2.46. The summed E-state index contributed by atoms with van der Waals surface area (Å²) in [5.74, 6) is 0. The zero-order valence-electron chi connectivity index (χ0n) is 9.35. The molecule has 98 valence electrons. The highest BCUT2D eigenvalue weighted by atomic mass is 19.4. The molecule has 2 heterocycles. The van der Waals surface area contributed by atoms with E-state index in [0.717, 1.165) is 12.3 Å². The number of nitrogens with two attached hydrogens (primary N) is 1. The maximum Gasteiger partial charge on any atom is 0.417 e. The molecule has 2 aromatic rings. The van der Waals surface area contributed by atoms with Crippen molar-refractivity contribution >= 4 is 5.65 Å². The molecule has 1 atom stereocenters. The van der Waals surface area contributed by atoms with Crippen LogP contribution in [0.25, 0.3) is 5.65 Å². The molecule has 0 aliphatic carbocycles. The summed E-state index contributed by atoms with van der Waals surface area (Å²) in [5.41, 5.74) is 5.22. The molecule has 3 N–H and O–H groups in total. The third-order valence-corrected chi connectivity index (χ3v) is 2.58. The summed E-state index contributed by atoms with van der Waals surface area (Å²) in [6.07, 6.45) is -2.61. The fourth-order valence-corrected chi connectivity index (χ4v) is 1.65. The summed E-state index contributed by atoms with van der Waals surface area (Å²) in [5, 5.41) is 9.67. The van der Waals surface area contributed by atoms with Gasteiger partial charge in [-0.25, -0.2) is 4.98 Å². The van der Waals surface area contributed by atoms with Gasteiger partial charge in [0.1, 0.15) is 5.65 Å². The van der Waals surface area contributed by atoms with E-state index in [1.54, 1.807) is 0 Å². The molecule has 0 radical (unpaired) electrons. The van der Waals surface area contributed by atoms with E-state index < -0.39 is 17.8 Å². The van der Waals surface area contributed by atoms with Crippen molar-refractivity contribution in [2.45, 2.75) is 18.7 Å².